The molecule has 3 heterocycles. The van der Waals surface area contributed by atoms with Crippen LogP contribution in [0.1, 0.15) is 27.3 Å². The van der Waals surface area contributed by atoms with E-state index in [1.807, 2.05) is 60.5 Å². The molecule has 5 nitrogen and oxygen atoms in total. The third-order valence-electron chi connectivity index (χ3n) is 5.71. The molecule has 2 aromatic carbocycles. The van der Waals surface area contributed by atoms with Gasteiger partial charge in [0.05, 0.1) is 25.4 Å². The largest absolute Gasteiger partial charge is 0.493 e. The summed E-state index contributed by atoms with van der Waals surface area (Å²) < 4.78 is 7.75. The number of carbonyl (C=O) groups is 1. The van der Waals surface area contributed by atoms with Crippen molar-refractivity contribution in [1.29, 1.82) is 0 Å². The highest BCUT2D eigenvalue weighted by atomic mass is 16.5. The van der Waals surface area contributed by atoms with Crippen molar-refractivity contribution in [3.63, 3.8) is 0 Å². The molecule has 1 aliphatic heterocycles. The molecule has 150 valence electrons. The topological polar surface area (TPSA) is 47.4 Å². The second-order valence-corrected chi connectivity index (χ2v) is 7.66. The molecule has 0 fully saturated rings. The number of aryl methyl sites for hydroxylation is 1. The molecule has 1 aliphatic rings. The standard InChI is InChI=1S/C25H23N3O2/c1-27-22(15-18-6-2-3-8-23(18)27)17-28(16-21-7-4-5-12-26-21)25(29)20-9-10-24-19(14-20)11-13-30-24/h2-10,12,14-15H,11,13,16-17H2,1H3. The molecule has 30 heavy (non-hydrogen) atoms. The lowest BCUT2D eigenvalue weighted by molar-refractivity contribution is 0.0724. The summed E-state index contributed by atoms with van der Waals surface area (Å²) in [5, 5.41) is 1.18. The molecule has 1 amide bonds. The van der Waals surface area contributed by atoms with E-state index in [2.05, 4.69) is 27.8 Å². The van der Waals surface area contributed by atoms with Crippen LogP contribution in [-0.4, -0.2) is 27.0 Å². The van der Waals surface area contributed by atoms with Crippen molar-refractivity contribution in [2.45, 2.75) is 19.5 Å². The molecule has 0 unspecified atom stereocenters. The van der Waals surface area contributed by atoms with Crippen LogP contribution in [-0.2, 0) is 26.6 Å². The van der Waals surface area contributed by atoms with Crippen molar-refractivity contribution in [3.05, 3.63) is 95.4 Å². The van der Waals surface area contributed by atoms with Crippen LogP contribution in [0, 0.1) is 0 Å². The molecule has 0 spiro atoms. The first-order chi connectivity index (χ1) is 14.7. The van der Waals surface area contributed by atoms with E-state index >= 15 is 0 Å². The summed E-state index contributed by atoms with van der Waals surface area (Å²) in [6.07, 6.45) is 2.61. The van der Waals surface area contributed by atoms with E-state index in [0.29, 0.717) is 25.3 Å². The van der Waals surface area contributed by atoms with E-state index in [4.69, 9.17) is 4.74 Å². The molecule has 5 rings (SSSR count). The van der Waals surface area contributed by atoms with E-state index in [0.717, 1.165) is 34.6 Å². The fourth-order valence-corrected chi connectivity index (χ4v) is 4.08. The van der Waals surface area contributed by atoms with Crippen LogP contribution in [0.5, 0.6) is 5.75 Å². The van der Waals surface area contributed by atoms with Crippen LogP contribution in [0.15, 0.2) is 72.9 Å². The molecular formula is C25H23N3O2. The van der Waals surface area contributed by atoms with E-state index in [1.54, 1.807) is 6.20 Å². The van der Waals surface area contributed by atoms with Crippen molar-refractivity contribution in [3.8, 4) is 5.75 Å². The third-order valence-corrected chi connectivity index (χ3v) is 5.71. The Bertz CT molecular complexity index is 1210. The number of ether oxygens (including phenoxy) is 1. The lowest BCUT2D eigenvalue weighted by Gasteiger charge is -2.23. The van der Waals surface area contributed by atoms with Crippen LogP contribution in [0.2, 0.25) is 0 Å². The van der Waals surface area contributed by atoms with Gasteiger partial charge < -0.3 is 14.2 Å². The Hall–Kier alpha value is -3.60. The number of benzene rings is 2. The van der Waals surface area contributed by atoms with Crippen molar-refractivity contribution in [2.75, 3.05) is 6.61 Å². The molecule has 5 heteroatoms. The van der Waals surface area contributed by atoms with Crippen LogP contribution < -0.4 is 4.74 Å². The minimum absolute atomic E-state index is 0.000564. The van der Waals surface area contributed by atoms with Gasteiger partial charge in [-0.1, -0.05) is 24.3 Å². The van der Waals surface area contributed by atoms with Gasteiger partial charge in [-0.3, -0.25) is 9.78 Å². The first kappa shape index (κ1) is 18.4. The second kappa shape index (κ2) is 7.67. The number of amides is 1. The number of fused-ring (bicyclic) bond motifs is 2. The summed E-state index contributed by atoms with van der Waals surface area (Å²) in [6.45, 7) is 1.64. The first-order valence-electron chi connectivity index (χ1n) is 10.2. The number of hydrogen-bond acceptors (Lipinski definition) is 3. The monoisotopic (exact) mass is 397 g/mol. The van der Waals surface area contributed by atoms with Crippen LogP contribution in [0.3, 0.4) is 0 Å². The van der Waals surface area contributed by atoms with E-state index in [9.17, 15) is 4.79 Å². The van der Waals surface area contributed by atoms with Crippen LogP contribution >= 0.6 is 0 Å². The molecule has 0 saturated heterocycles. The molecule has 4 aromatic rings. The Morgan fingerprint density at radius 3 is 2.77 bits per heavy atom. The van der Waals surface area contributed by atoms with Gasteiger partial charge in [0.1, 0.15) is 5.75 Å². The highest BCUT2D eigenvalue weighted by Gasteiger charge is 2.21. The average Bonchev–Trinajstić information content (AvgIpc) is 3.38. The maximum Gasteiger partial charge on any atom is 0.254 e. The van der Waals surface area contributed by atoms with E-state index in [1.165, 1.54) is 5.39 Å². The summed E-state index contributed by atoms with van der Waals surface area (Å²) >= 11 is 0. The summed E-state index contributed by atoms with van der Waals surface area (Å²) in [6, 6.07) is 22.0. The highest BCUT2D eigenvalue weighted by molar-refractivity contribution is 5.94. The number of hydrogen-bond donors (Lipinski definition) is 0. The van der Waals surface area contributed by atoms with Gasteiger partial charge in [-0.15, -0.1) is 0 Å². The first-order valence-corrected chi connectivity index (χ1v) is 10.2. The number of rotatable bonds is 5. The molecule has 0 radical (unpaired) electrons. The quantitative estimate of drug-likeness (QED) is 0.503. The number of para-hydroxylation sites is 1. The molecular weight excluding hydrogens is 374 g/mol. The Morgan fingerprint density at radius 2 is 1.93 bits per heavy atom. The van der Waals surface area contributed by atoms with Gasteiger partial charge in [-0.25, -0.2) is 0 Å². The fraction of sp³-hybridized carbons (Fsp3) is 0.200. The lowest BCUT2D eigenvalue weighted by Crippen LogP contribution is -2.31. The van der Waals surface area contributed by atoms with Gasteiger partial charge in [0.25, 0.3) is 5.91 Å². The van der Waals surface area contributed by atoms with Gasteiger partial charge >= 0.3 is 0 Å². The normalized spacial score (nSPS) is 12.6. The van der Waals surface area contributed by atoms with Crippen molar-refractivity contribution < 1.29 is 9.53 Å². The Kier molecular flexibility index (Phi) is 4.71. The van der Waals surface area contributed by atoms with Gasteiger partial charge in [0.2, 0.25) is 0 Å². The SMILES string of the molecule is Cn1c(CN(Cc2ccccn2)C(=O)c2ccc3c(c2)CCO3)cc2ccccc21. The van der Waals surface area contributed by atoms with Gasteiger partial charge in [-0.2, -0.15) is 0 Å². The number of pyridine rings is 1. The molecule has 0 aliphatic carbocycles. The second-order valence-electron chi connectivity index (χ2n) is 7.66. The summed E-state index contributed by atoms with van der Waals surface area (Å²) in [5.41, 5.74) is 4.91. The lowest BCUT2D eigenvalue weighted by atomic mass is 10.1. The number of carbonyl (C=O) groups excluding carboxylic acids is 1. The van der Waals surface area contributed by atoms with Crippen LogP contribution in [0.25, 0.3) is 10.9 Å². The smallest absolute Gasteiger partial charge is 0.254 e. The number of nitrogens with zero attached hydrogens (tertiary/aromatic N) is 3. The van der Waals surface area contributed by atoms with Gasteiger partial charge in [0.15, 0.2) is 0 Å². The minimum atomic E-state index is 0.000564. The number of aromatic nitrogens is 2. The molecule has 0 atom stereocenters. The van der Waals surface area contributed by atoms with Gasteiger partial charge in [0, 0.05) is 36.4 Å². The zero-order valence-electron chi connectivity index (χ0n) is 16.9. The third kappa shape index (κ3) is 3.43. The summed E-state index contributed by atoms with van der Waals surface area (Å²) in [4.78, 5) is 19.8. The Labute approximate surface area is 175 Å². The van der Waals surface area contributed by atoms with Crippen molar-refractivity contribution >= 4 is 16.8 Å². The van der Waals surface area contributed by atoms with E-state index < -0.39 is 0 Å². The average molecular weight is 397 g/mol. The van der Waals surface area contributed by atoms with Crippen LogP contribution in [0.4, 0.5) is 0 Å². The molecule has 2 aromatic heterocycles. The molecule has 0 bridgehead atoms. The maximum atomic E-state index is 13.5. The maximum absolute atomic E-state index is 13.5. The van der Waals surface area contributed by atoms with Crippen molar-refractivity contribution in [1.82, 2.24) is 14.5 Å². The fourth-order valence-electron chi connectivity index (χ4n) is 4.08. The Morgan fingerprint density at radius 1 is 1.07 bits per heavy atom. The molecule has 0 N–H and O–H groups in total. The molecule has 0 saturated carbocycles. The zero-order valence-corrected chi connectivity index (χ0v) is 16.9. The predicted octanol–water partition coefficient (Wildman–Crippen LogP) is 4.35. The Balaban J connectivity index is 1.49. The van der Waals surface area contributed by atoms with E-state index in [-0.39, 0.29) is 5.91 Å². The summed E-state index contributed by atoms with van der Waals surface area (Å²) in [5.74, 6) is 0.886. The van der Waals surface area contributed by atoms with Crippen molar-refractivity contribution in [2.24, 2.45) is 7.05 Å². The highest BCUT2D eigenvalue weighted by Crippen LogP contribution is 2.27. The van der Waals surface area contributed by atoms with Gasteiger partial charge in [-0.05, 0) is 53.4 Å². The minimum Gasteiger partial charge on any atom is -0.493 e. The summed E-state index contributed by atoms with van der Waals surface area (Å²) in [7, 11) is 2.05. The zero-order chi connectivity index (χ0) is 20.5. The predicted molar refractivity (Wildman–Crippen MR) is 116 cm³/mol.